The first kappa shape index (κ1) is 21.2. The second-order valence-electron chi connectivity index (χ2n) is 6.98. The summed E-state index contributed by atoms with van der Waals surface area (Å²) < 4.78 is 26.3. The number of benzene rings is 2. The Hall–Kier alpha value is -2.49. The number of aryl methyl sites for hydroxylation is 1. The molecule has 0 bridgehead atoms. The Labute approximate surface area is 173 Å². The summed E-state index contributed by atoms with van der Waals surface area (Å²) in [7, 11) is -0.128. The number of aromatic nitrogens is 3. The van der Waals surface area contributed by atoms with Crippen LogP contribution in [0.2, 0.25) is 5.02 Å². The molecule has 0 spiro atoms. The van der Waals surface area contributed by atoms with E-state index in [9.17, 15) is 18.3 Å². The number of carboxylic acid groups (broad SMARTS) is 1. The van der Waals surface area contributed by atoms with E-state index >= 15 is 0 Å². The maximum Gasteiger partial charge on any atom is 0.304 e. The minimum absolute atomic E-state index is 0.0918. The summed E-state index contributed by atoms with van der Waals surface area (Å²) in [6.07, 6.45) is 0.989. The van der Waals surface area contributed by atoms with Crippen molar-refractivity contribution in [1.82, 2.24) is 19.3 Å². The first-order chi connectivity index (χ1) is 13.6. The lowest BCUT2D eigenvalue weighted by molar-refractivity contribution is -0.137. The summed E-state index contributed by atoms with van der Waals surface area (Å²) in [6, 6.07) is 10.7. The molecule has 0 unspecified atom stereocenters. The van der Waals surface area contributed by atoms with Gasteiger partial charge in [0.1, 0.15) is 5.52 Å². The van der Waals surface area contributed by atoms with Gasteiger partial charge in [0, 0.05) is 31.6 Å². The lowest BCUT2D eigenvalue weighted by Crippen LogP contribution is -2.25. The van der Waals surface area contributed by atoms with Crippen molar-refractivity contribution in [2.75, 3.05) is 13.3 Å². The van der Waals surface area contributed by atoms with Crippen molar-refractivity contribution in [1.29, 1.82) is 0 Å². The van der Waals surface area contributed by atoms with Gasteiger partial charge in [0.25, 0.3) is 0 Å². The molecule has 10 heteroatoms. The van der Waals surface area contributed by atoms with Crippen molar-refractivity contribution < 1.29 is 18.3 Å². The van der Waals surface area contributed by atoms with Crippen molar-refractivity contribution >= 4 is 38.6 Å². The molecular weight excluding hydrogens is 416 g/mol. The van der Waals surface area contributed by atoms with Gasteiger partial charge >= 0.3 is 5.97 Å². The fraction of sp³-hybridized carbons (Fsp3) is 0.316. The van der Waals surface area contributed by atoms with Crippen molar-refractivity contribution in [2.24, 2.45) is 7.05 Å². The van der Waals surface area contributed by atoms with E-state index in [4.69, 9.17) is 11.6 Å². The second kappa shape index (κ2) is 8.10. The molecule has 0 radical (unpaired) electrons. The van der Waals surface area contributed by atoms with Crippen LogP contribution >= 0.6 is 11.6 Å². The van der Waals surface area contributed by atoms with Crippen LogP contribution in [0.1, 0.15) is 29.0 Å². The number of rotatable bonds is 7. The van der Waals surface area contributed by atoms with Crippen LogP contribution in [0, 0.1) is 0 Å². The lowest BCUT2D eigenvalue weighted by atomic mass is 9.87. The highest BCUT2D eigenvalue weighted by atomic mass is 35.5. The third-order valence-corrected chi connectivity index (χ3v) is 6.48. The van der Waals surface area contributed by atoms with Gasteiger partial charge in [-0.05, 0) is 34.9 Å². The minimum Gasteiger partial charge on any atom is -0.481 e. The molecular formula is C19H21ClN4O4S. The Morgan fingerprint density at radius 2 is 1.90 bits per heavy atom. The molecule has 0 fully saturated rings. The van der Waals surface area contributed by atoms with Gasteiger partial charge < -0.3 is 5.11 Å². The number of sulfonamides is 1. The van der Waals surface area contributed by atoms with Crippen LogP contribution in [0.4, 0.5) is 0 Å². The molecule has 0 aliphatic carbocycles. The zero-order chi connectivity index (χ0) is 21.3. The smallest absolute Gasteiger partial charge is 0.304 e. The molecule has 1 aromatic heterocycles. The molecule has 1 atom stereocenters. The van der Waals surface area contributed by atoms with Crippen molar-refractivity contribution in [3.63, 3.8) is 0 Å². The molecule has 0 aliphatic heterocycles. The molecule has 154 valence electrons. The molecule has 0 amide bonds. The minimum atomic E-state index is -3.38. The van der Waals surface area contributed by atoms with E-state index in [2.05, 4.69) is 10.3 Å². The van der Waals surface area contributed by atoms with E-state index in [1.807, 2.05) is 18.2 Å². The average Bonchev–Trinajstić information content (AvgIpc) is 3.01. The van der Waals surface area contributed by atoms with E-state index in [0.29, 0.717) is 16.1 Å². The lowest BCUT2D eigenvalue weighted by Gasteiger charge is -2.20. The Kier molecular flexibility index (Phi) is 5.92. The largest absolute Gasteiger partial charge is 0.481 e. The molecule has 3 aromatic rings. The maximum atomic E-state index is 11.7. The van der Waals surface area contributed by atoms with E-state index < -0.39 is 21.9 Å². The predicted octanol–water partition coefficient (Wildman–Crippen LogP) is 2.62. The number of hydrogen-bond acceptors (Lipinski definition) is 5. The Balaban J connectivity index is 2.04. The normalized spacial score (nSPS) is 13.1. The molecule has 2 aromatic carbocycles. The average molecular weight is 437 g/mol. The highest BCUT2D eigenvalue weighted by Gasteiger charge is 2.21. The van der Waals surface area contributed by atoms with Crippen LogP contribution in [0.3, 0.4) is 0 Å². The van der Waals surface area contributed by atoms with Gasteiger partial charge in [-0.2, -0.15) is 0 Å². The predicted molar refractivity (Wildman–Crippen MR) is 110 cm³/mol. The van der Waals surface area contributed by atoms with Crippen LogP contribution in [0.5, 0.6) is 0 Å². The number of nitrogens with zero attached hydrogens (tertiary/aromatic N) is 4. The molecule has 29 heavy (non-hydrogen) atoms. The summed E-state index contributed by atoms with van der Waals surface area (Å²) in [6.45, 7) is 0.0918. The first-order valence-electron chi connectivity index (χ1n) is 8.77. The number of halogens is 1. The van der Waals surface area contributed by atoms with Gasteiger partial charge in [0.05, 0.1) is 18.2 Å². The second-order valence-corrected chi connectivity index (χ2v) is 9.48. The zero-order valence-corrected chi connectivity index (χ0v) is 17.8. The number of hydrogen-bond donors (Lipinski definition) is 1. The van der Waals surface area contributed by atoms with Gasteiger partial charge in [0.15, 0.2) is 0 Å². The number of carboxylic acids is 1. The monoisotopic (exact) mass is 436 g/mol. The van der Waals surface area contributed by atoms with Crippen molar-refractivity contribution in [3.8, 4) is 0 Å². The zero-order valence-electron chi connectivity index (χ0n) is 16.2. The highest BCUT2D eigenvalue weighted by Crippen LogP contribution is 2.32. The fourth-order valence-electron chi connectivity index (χ4n) is 3.17. The fourth-order valence-corrected chi connectivity index (χ4v) is 3.72. The van der Waals surface area contributed by atoms with Crippen LogP contribution in [-0.2, 0) is 28.4 Å². The van der Waals surface area contributed by atoms with Crippen LogP contribution < -0.4 is 0 Å². The number of fused-ring (bicyclic) bond motifs is 1. The molecule has 3 rings (SSSR count). The number of aliphatic carboxylic acids is 1. The van der Waals surface area contributed by atoms with Gasteiger partial charge in [-0.15, -0.1) is 5.10 Å². The van der Waals surface area contributed by atoms with Crippen molar-refractivity contribution in [2.45, 2.75) is 18.9 Å². The molecule has 0 saturated heterocycles. The van der Waals surface area contributed by atoms with Crippen LogP contribution in [0.25, 0.3) is 11.0 Å². The third kappa shape index (κ3) is 4.75. The summed E-state index contributed by atoms with van der Waals surface area (Å²) in [4.78, 5) is 11.5. The Morgan fingerprint density at radius 3 is 2.55 bits per heavy atom. The van der Waals surface area contributed by atoms with Gasteiger partial charge in [0.2, 0.25) is 10.0 Å². The molecule has 1 heterocycles. The molecule has 8 nitrogen and oxygen atoms in total. The first-order valence-corrected chi connectivity index (χ1v) is 11.0. The van der Waals surface area contributed by atoms with Gasteiger partial charge in [-0.25, -0.2) is 17.4 Å². The summed E-state index contributed by atoms with van der Waals surface area (Å²) in [5.41, 5.74) is 3.64. The Morgan fingerprint density at radius 1 is 1.24 bits per heavy atom. The highest BCUT2D eigenvalue weighted by molar-refractivity contribution is 7.88. The van der Waals surface area contributed by atoms with E-state index in [0.717, 1.165) is 22.9 Å². The Bertz CT molecular complexity index is 1180. The molecule has 1 N–H and O–H groups in total. The quantitative estimate of drug-likeness (QED) is 0.610. The summed E-state index contributed by atoms with van der Waals surface area (Å²) in [5.74, 6) is -1.39. The van der Waals surface area contributed by atoms with Gasteiger partial charge in [-0.1, -0.05) is 35.0 Å². The molecule has 0 aliphatic rings. The maximum absolute atomic E-state index is 11.7. The van der Waals surface area contributed by atoms with E-state index in [-0.39, 0.29) is 13.0 Å². The number of carbonyl (C=O) groups is 1. The summed E-state index contributed by atoms with van der Waals surface area (Å²) in [5, 5.41) is 18.0. The SMILES string of the molecule is CN(Cc1cc([C@H](CC(=O)O)c2ccc3c(c2)nnn3C)ccc1Cl)S(C)(=O)=O. The topological polar surface area (TPSA) is 105 Å². The molecule has 0 saturated carbocycles. The van der Waals surface area contributed by atoms with E-state index in [1.165, 1.54) is 11.4 Å². The van der Waals surface area contributed by atoms with Gasteiger partial charge in [-0.3, -0.25) is 4.79 Å². The van der Waals surface area contributed by atoms with Crippen LogP contribution in [0.15, 0.2) is 36.4 Å². The summed E-state index contributed by atoms with van der Waals surface area (Å²) >= 11 is 6.27. The van der Waals surface area contributed by atoms with Crippen molar-refractivity contribution in [3.05, 3.63) is 58.1 Å². The van der Waals surface area contributed by atoms with E-state index in [1.54, 1.807) is 29.9 Å². The van der Waals surface area contributed by atoms with Crippen LogP contribution in [-0.4, -0.2) is 52.1 Å². The third-order valence-electron chi connectivity index (χ3n) is 4.85. The standard InChI is InChI=1S/C19H21ClN4O4S/c1-23(29(3,27)28)11-14-8-12(4-6-16(14)20)15(10-19(25)26)13-5-7-18-17(9-13)21-22-24(18)2/h4-9,15H,10-11H2,1-3H3,(H,25,26)/t15-/m0/s1.